The average Bonchev–Trinajstić information content (AvgIpc) is 3.42. The second-order valence-electron chi connectivity index (χ2n) is 6.77. The molecule has 0 radical (unpaired) electrons. The molecular formula is C21H19N5O3S. The summed E-state index contributed by atoms with van der Waals surface area (Å²) in [4.78, 5) is 44.7. The van der Waals surface area contributed by atoms with Crippen molar-refractivity contribution in [3.63, 3.8) is 0 Å². The van der Waals surface area contributed by atoms with Crippen molar-refractivity contribution in [3.05, 3.63) is 75.9 Å². The largest absolute Gasteiger partial charge is 0.357 e. The minimum absolute atomic E-state index is 0.0160. The molecule has 0 spiro atoms. The molecule has 4 rings (SSSR count). The van der Waals surface area contributed by atoms with Crippen molar-refractivity contribution in [3.8, 4) is 11.1 Å². The standard InChI is InChI=1S/C21H19N5O3S/c1-13-4-6-14(7-5-13)15-11-30-20-18(15)21(29)26(12-23-20)10-8-17(27)24-25-19(28)16-3-2-9-22-16/h2-7,9,11-12,22H,8,10H2,1H3,(H,24,27)(H,25,28). The summed E-state index contributed by atoms with van der Waals surface area (Å²) in [5.41, 5.74) is 7.74. The van der Waals surface area contributed by atoms with Gasteiger partial charge in [-0.05, 0) is 24.6 Å². The Morgan fingerprint density at radius 2 is 1.97 bits per heavy atom. The number of hydrazine groups is 1. The molecule has 0 bridgehead atoms. The number of fused-ring (bicyclic) bond motifs is 1. The number of H-pyrrole nitrogens is 1. The predicted octanol–water partition coefficient (Wildman–Crippen LogP) is 2.61. The van der Waals surface area contributed by atoms with Gasteiger partial charge in [-0.15, -0.1) is 11.3 Å². The van der Waals surface area contributed by atoms with E-state index in [1.54, 1.807) is 18.3 Å². The van der Waals surface area contributed by atoms with Crippen LogP contribution >= 0.6 is 11.3 Å². The summed E-state index contributed by atoms with van der Waals surface area (Å²) in [5, 5.41) is 2.48. The van der Waals surface area contributed by atoms with Crippen LogP contribution in [0, 0.1) is 6.92 Å². The molecule has 0 unspecified atom stereocenters. The Balaban J connectivity index is 1.47. The topological polar surface area (TPSA) is 109 Å². The number of aromatic amines is 1. The van der Waals surface area contributed by atoms with Gasteiger partial charge in [-0.3, -0.25) is 29.8 Å². The summed E-state index contributed by atoms with van der Waals surface area (Å²) in [7, 11) is 0. The molecule has 4 aromatic rings. The molecule has 2 amide bonds. The summed E-state index contributed by atoms with van der Waals surface area (Å²) < 4.78 is 1.42. The number of amides is 2. The molecule has 0 aliphatic carbocycles. The fourth-order valence-electron chi connectivity index (χ4n) is 3.02. The normalized spacial score (nSPS) is 10.8. The fourth-order valence-corrected chi connectivity index (χ4v) is 3.93. The molecule has 152 valence electrons. The summed E-state index contributed by atoms with van der Waals surface area (Å²) in [6.45, 7) is 2.16. The number of carbonyl (C=O) groups is 2. The first-order valence-electron chi connectivity index (χ1n) is 9.29. The van der Waals surface area contributed by atoms with Gasteiger partial charge < -0.3 is 4.98 Å². The molecule has 0 aliphatic rings. The predicted molar refractivity (Wildman–Crippen MR) is 115 cm³/mol. The summed E-state index contributed by atoms with van der Waals surface area (Å²) in [5.74, 6) is -0.861. The Hall–Kier alpha value is -3.72. The molecule has 3 N–H and O–H groups in total. The van der Waals surface area contributed by atoms with Crippen molar-refractivity contribution in [2.45, 2.75) is 19.9 Å². The lowest BCUT2D eigenvalue weighted by molar-refractivity contribution is -0.122. The maximum Gasteiger partial charge on any atom is 0.286 e. The highest BCUT2D eigenvalue weighted by atomic mass is 32.1. The van der Waals surface area contributed by atoms with Gasteiger partial charge in [0.1, 0.15) is 10.5 Å². The van der Waals surface area contributed by atoms with Crippen LogP contribution in [0.1, 0.15) is 22.5 Å². The van der Waals surface area contributed by atoms with Crippen LogP contribution in [0.5, 0.6) is 0 Å². The molecule has 0 saturated heterocycles. The fraction of sp³-hybridized carbons (Fsp3) is 0.143. The second-order valence-corrected chi connectivity index (χ2v) is 7.63. The van der Waals surface area contributed by atoms with E-state index in [0.29, 0.717) is 15.9 Å². The Morgan fingerprint density at radius 3 is 2.70 bits per heavy atom. The summed E-state index contributed by atoms with van der Waals surface area (Å²) in [6.07, 6.45) is 3.08. The number of nitrogens with zero attached hydrogens (tertiary/aromatic N) is 2. The van der Waals surface area contributed by atoms with E-state index in [1.165, 1.54) is 22.2 Å². The molecule has 0 fully saturated rings. The number of hydrogen-bond acceptors (Lipinski definition) is 5. The number of benzene rings is 1. The zero-order chi connectivity index (χ0) is 21.1. The number of aromatic nitrogens is 3. The van der Waals surface area contributed by atoms with Gasteiger partial charge in [0.05, 0.1) is 11.7 Å². The molecule has 30 heavy (non-hydrogen) atoms. The van der Waals surface area contributed by atoms with Crippen LogP contribution < -0.4 is 16.4 Å². The third-order valence-corrected chi connectivity index (χ3v) is 5.55. The number of nitrogens with one attached hydrogen (secondary N) is 3. The monoisotopic (exact) mass is 421 g/mol. The van der Waals surface area contributed by atoms with Crippen LogP contribution in [0.3, 0.4) is 0 Å². The SMILES string of the molecule is Cc1ccc(-c2csc3ncn(CCC(=O)NNC(=O)c4ccc[nH]4)c(=O)c23)cc1. The van der Waals surface area contributed by atoms with Crippen molar-refractivity contribution < 1.29 is 9.59 Å². The lowest BCUT2D eigenvalue weighted by Gasteiger charge is -2.08. The molecule has 3 aromatic heterocycles. The Kier molecular flexibility index (Phi) is 5.44. The molecule has 9 heteroatoms. The molecule has 0 atom stereocenters. The van der Waals surface area contributed by atoms with Crippen LogP contribution in [0.2, 0.25) is 0 Å². The van der Waals surface area contributed by atoms with E-state index in [9.17, 15) is 14.4 Å². The van der Waals surface area contributed by atoms with Crippen LogP contribution in [0.4, 0.5) is 0 Å². The first-order valence-corrected chi connectivity index (χ1v) is 10.2. The third-order valence-electron chi connectivity index (χ3n) is 4.66. The van der Waals surface area contributed by atoms with Crippen molar-refractivity contribution in [1.82, 2.24) is 25.4 Å². The van der Waals surface area contributed by atoms with Gasteiger partial charge in [-0.25, -0.2) is 4.98 Å². The van der Waals surface area contributed by atoms with Crippen molar-refractivity contribution in [1.29, 1.82) is 0 Å². The zero-order valence-electron chi connectivity index (χ0n) is 16.1. The van der Waals surface area contributed by atoms with Gasteiger partial charge in [-0.1, -0.05) is 29.8 Å². The van der Waals surface area contributed by atoms with E-state index in [2.05, 4.69) is 20.8 Å². The Morgan fingerprint density at radius 1 is 1.17 bits per heavy atom. The van der Waals surface area contributed by atoms with Gasteiger partial charge in [0.2, 0.25) is 5.91 Å². The van der Waals surface area contributed by atoms with Gasteiger partial charge in [0.25, 0.3) is 11.5 Å². The lowest BCUT2D eigenvalue weighted by Crippen LogP contribution is -2.42. The van der Waals surface area contributed by atoms with E-state index in [1.807, 2.05) is 36.6 Å². The zero-order valence-corrected chi connectivity index (χ0v) is 17.0. The van der Waals surface area contributed by atoms with Crippen LogP contribution in [-0.4, -0.2) is 26.3 Å². The molecule has 0 aliphatic heterocycles. The Labute approximate surface area is 175 Å². The average molecular weight is 421 g/mol. The molecule has 0 saturated carbocycles. The van der Waals surface area contributed by atoms with Gasteiger partial charge >= 0.3 is 0 Å². The van der Waals surface area contributed by atoms with E-state index in [4.69, 9.17) is 0 Å². The number of rotatable bonds is 5. The number of hydrogen-bond donors (Lipinski definition) is 3. The van der Waals surface area contributed by atoms with E-state index in [-0.39, 0.29) is 18.5 Å². The maximum atomic E-state index is 13.0. The molecular weight excluding hydrogens is 402 g/mol. The van der Waals surface area contributed by atoms with Crippen molar-refractivity contribution in [2.24, 2.45) is 0 Å². The quantitative estimate of drug-likeness (QED) is 0.430. The van der Waals surface area contributed by atoms with E-state index >= 15 is 0 Å². The minimum Gasteiger partial charge on any atom is -0.357 e. The number of aryl methyl sites for hydroxylation is 2. The van der Waals surface area contributed by atoms with E-state index in [0.717, 1.165) is 16.7 Å². The number of carbonyl (C=O) groups excluding carboxylic acids is 2. The van der Waals surface area contributed by atoms with Gasteiger partial charge in [0, 0.05) is 30.1 Å². The smallest absolute Gasteiger partial charge is 0.286 e. The highest BCUT2D eigenvalue weighted by Crippen LogP contribution is 2.30. The number of thiophene rings is 1. The molecule has 8 nitrogen and oxygen atoms in total. The van der Waals surface area contributed by atoms with Gasteiger partial charge in [-0.2, -0.15) is 0 Å². The van der Waals surface area contributed by atoms with Crippen LogP contribution in [-0.2, 0) is 11.3 Å². The molecule has 1 aromatic carbocycles. The molecule has 3 heterocycles. The van der Waals surface area contributed by atoms with Gasteiger partial charge in [0.15, 0.2) is 0 Å². The van der Waals surface area contributed by atoms with Crippen LogP contribution in [0.25, 0.3) is 21.3 Å². The summed E-state index contributed by atoms with van der Waals surface area (Å²) in [6, 6.07) is 11.2. The highest BCUT2D eigenvalue weighted by molar-refractivity contribution is 7.17. The second kappa shape index (κ2) is 8.34. The Bertz CT molecular complexity index is 1260. The first-order chi connectivity index (χ1) is 14.5. The third kappa shape index (κ3) is 4.01. The van der Waals surface area contributed by atoms with Crippen molar-refractivity contribution in [2.75, 3.05) is 0 Å². The van der Waals surface area contributed by atoms with Crippen LogP contribution in [0.15, 0.2) is 59.1 Å². The highest BCUT2D eigenvalue weighted by Gasteiger charge is 2.14. The summed E-state index contributed by atoms with van der Waals surface area (Å²) >= 11 is 1.42. The maximum absolute atomic E-state index is 13.0. The first kappa shape index (κ1) is 19.6. The van der Waals surface area contributed by atoms with Crippen molar-refractivity contribution >= 4 is 33.4 Å². The lowest BCUT2D eigenvalue weighted by atomic mass is 10.1. The van der Waals surface area contributed by atoms with E-state index < -0.39 is 11.8 Å². The minimum atomic E-state index is -0.449.